The molecular formula is C29H44O12. The van der Waals surface area contributed by atoms with Gasteiger partial charge < -0.3 is 55.1 Å². The number of esters is 1. The molecule has 0 aromatic rings. The van der Waals surface area contributed by atoms with Gasteiger partial charge in [0.1, 0.15) is 24.9 Å². The zero-order valence-electron chi connectivity index (χ0n) is 23.5. The van der Waals surface area contributed by atoms with E-state index >= 15 is 0 Å². The number of ether oxygens (including phenoxy) is 3. The topological polar surface area (TPSA) is 207 Å². The van der Waals surface area contributed by atoms with Crippen molar-refractivity contribution < 1.29 is 59.9 Å². The second kappa shape index (κ2) is 9.91. The van der Waals surface area contributed by atoms with Crippen LogP contribution in [0, 0.1) is 28.6 Å². The minimum absolute atomic E-state index is 0.0369. The van der Waals surface area contributed by atoms with Crippen molar-refractivity contribution >= 4 is 5.97 Å². The van der Waals surface area contributed by atoms with Crippen LogP contribution in [0.25, 0.3) is 0 Å². The van der Waals surface area contributed by atoms with Crippen molar-refractivity contribution in [2.75, 3.05) is 13.2 Å². The van der Waals surface area contributed by atoms with Gasteiger partial charge in [-0.25, -0.2) is 4.79 Å². The summed E-state index contributed by atoms with van der Waals surface area (Å²) in [5.74, 6) is -1.93. The molecule has 4 aliphatic carbocycles. The van der Waals surface area contributed by atoms with E-state index in [2.05, 4.69) is 0 Å². The quantitative estimate of drug-likeness (QED) is 0.140. The average Bonchev–Trinajstić information content (AvgIpc) is 3.45. The molecule has 0 bridgehead atoms. The zero-order chi connectivity index (χ0) is 29.7. The Morgan fingerprint density at radius 3 is 2.41 bits per heavy atom. The molecule has 6 rings (SSSR count). The van der Waals surface area contributed by atoms with E-state index in [4.69, 9.17) is 14.2 Å². The summed E-state index contributed by atoms with van der Waals surface area (Å²) in [5, 5.41) is 89.6. The molecule has 12 heteroatoms. The number of cyclic esters (lactones) is 1. The van der Waals surface area contributed by atoms with E-state index in [1.807, 2.05) is 6.92 Å². The highest BCUT2D eigenvalue weighted by Crippen LogP contribution is 2.70. The first-order valence-electron chi connectivity index (χ1n) is 14.9. The van der Waals surface area contributed by atoms with Crippen molar-refractivity contribution in [3.05, 3.63) is 11.6 Å². The van der Waals surface area contributed by atoms with Crippen molar-refractivity contribution in [3.8, 4) is 0 Å². The summed E-state index contributed by atoms with van der Waals surface area (Å²) >= 11 is 0. The number of rotatable bonds is 4. The smallest absolute Gasteiger partial charge is 0.331 e. The van der Waals surface area contributed by atoms with E-state index in [1.165, 1.54) is 13.0 Å². The van der Waals surface area contributed by atoms with Crippen LogP contribution in [0.1, 0.15) is 58.8 Å². The third-order valence-electron chi connectivity index (χ3n) is 12.2. The molecule has 2 aliphatic heterocycles. The molecular weight excluding hydrogens is 540 g/mol. The summed E-state index contributed by atoms with van der Waals surface area (Å²) in [4.78, 5) is 11.8. The number of aliphatic hydroxyl groups excluding tert-OH is 6. The second-order valence-corrected chi connectivity index (χ2v) is 13.8. The highest BCUT2D eigenvalue weighted by Gasteiger charge is 2.75. The number of fused-ring (bicyclic) bond motifs is 5. The van der Waals surface area contributed by atoms with Crippen LogP contribution in [0.4, 0.5) is 0 Å². The van der Waals surface area contributed by atoms with Crippen molar-refractivity contribution in [1.82, 2.24) is 0 Å². The lowest BCUT2D eigenvalue weighted by Gasteiger charge is -2.68. The molecule has 41 heavy (non-hydrogen) atoms. The highest BCUT2D eigenvalue weighted by molar-refractivity contribution is 5.85. The van der Waals surface area contributed by atoms with E-state index in [1.54, 1.807) is 0 Å². The van der Waals surface area contributed by atoms with Gasteiger partial charge in [0.05, 0.1) is 47.6 Å². The molecule has 2 heterocycles. The molecule has 5 fully saturated rings. The Kier molecular flexibility index (Phi) is 7.22. The first-order chi connectivity index (χ1) is 19.2. The predicted octanol–water partition coefficient (Wildman–Crippen LogP) is -1.51. The van der Waals surface area contributed by atoms with E-state index in [-0.39, 0.29) is 38.2 Å². The van der Waals surface area contributed by atoms with Gasteiger partial charge in [-0.3, -0.25) is 0 Å². The number of hydrogen-bond donors (Lipinski definition) is 8. The van der Waals surface area contributed by atoms with Gasteiger partial charge in [0.15, 0.2) is 6.29 Å². The fourth-order valence-electron chi connectivity index (χ4n) is 10.1. The SMILES string of the molecule is C[C@@H]1O[C@H](O[C@H]2C[C@@H](O)[C@]3(CO)[C@H]4[C@H](O)C[C@]5(C)[C@@H](C6=CC(=O)OC6)CC[C@]5(O)[C@@H]4CC[C@]3(O)C2)[C@@H](O)[C@@H](O)[C@H]1O. The van der Waals surface area contributed by atoms with Crippen molar-refractivity contribution in [3.63, 3.8) is 0 Å². The number of carbonyl (C=O) groups excluding carboxylic acids is 1. The predicted molar refractivity (Wildman–Crippen MR) is 139 cm³/mol. The Bertz CT molecular complexity index is 1080. The highest BCUT2D eigenvalue weighted by atomic mass is 16.7. The lowest BCUT2D eigenvalue weighted by atomic mass is 9.40. The van der Waals surface area contributed by atoms with Gasteiger partial charge in [0.2, 0.25) is 0 Å². The van der Waals surface area contributed by atoms with Crippen LogP contribution < -0.4 is 0 Å². The van der Waals surface area contributed by atoms with Crippen molar-refractivity contribution in [2.45, 2.75) is 119 Å². The van der Waals surface area contributed by atoms with Gasteiger partial charge in [-0.15, -0.1) is 0 Å². The van der Waals surface area contributed by atoms with Crippen LogP contribution in [-0.2, 0) is 19.0 Å². The van der Waals surface area contributed by atoms with Gasteiger partial charge in [-0.2, -0.15) is 0 Å². The van der Waals surface area contributed by atoms with Gasteiger partial charge in [-0.05, 0) is 56.4 Å². The fourth-order valence-corrected chi connectivity index (χ4v) is 10.1. The molecule has 12 nitrogen and oxygen atoms in total. The van der Waals surface area contributed by atoms with Crippen LogP contribution in [0.15, 0.2) is 11.6 Å². The van der Waals surface area contributed by atoms with Crippen molar-refractivity contribution in [2.24, 2.45) is 28.6 Å². The molecule has 0 aromatic carbocycles. The Morgan fingerprint density at radius 2 is 1.76 bits per heavy atom. The standard InChI is InChI=1S/C29H44O12/c1-13-22(34)23(35)24(36)25(40-13)41-15-8-19(32)28(12-30)21-17(3-5-27(28,37)9-15)29(38)6-4-16(14-7-20(33)39-11-14)26(29,2)10-18(21)31/h7,13,15-19,21-25,30-32,34-38H,3-6,8-12H2,1-2H3/t13-,15-,16+,17+,18+,19+,21+,22-,23-,24-,25+,26+,27-,28+,29-/m0/s1. The molecule has 4 saturated carbocycles. The Balaban J connectivity index is 1.28. The first kappa shape index (κ1) is 29.9. The molecule has 0 radical (unpaired) electrons. The van der Waals surface area contributed by atoms with Crippen LogP contribution in [-0.4, -0.2) is 120 Å². The zero-order valence-corrected chi connectivity index (χ0v) is 23.5. The second-order valence-electron chi connectivity index (χ2n) is 13.8. The number of aliphatic hydroxyl groups is 8. The lowest BCUT2D eigenvalue weighted by Crippen LogP contribution is -2.76. The maximum absolute atomic E-state index is 12.4. The molecule has 0 unspecified atom stereocenters. The summed E-state index contributed by atoms with van der Waals surface area (Å²) in [6.45, 7) is 3.00. The molecule has 8 N–H and O–H groups in total. The van der Waals surface area contributed by atoms with Crippen LogP contribution >= 0.6 is 0 Å². The van der Waals surface area contributed by atoms with Gasteiger partial charge >= 0.3 is 5.97 Å². The van der Waals surface area contributed by atoms with Crippen molar-refractivity contribution in [1.29, 1.82) is 0 Å². The van der Waals surface area contributed by atoms with Gasteiger partial charge in [0, 0.05) is 30.3 Å². The normalized spacial score (nSPS) is 56.9. The van der Waals surface area contributed by atoms with Crippen LogP contribution in [0.2, 0.25) is 0 Å². The Labute approximate surface area is 238 Å². The van der Waals surface area contributed by atoms with E-state index in [9.17, 15) is 45.6 Å². The minimum atomic E-state index is -1.67. The molecule has 15 atom stereocenters. The van der Waals surface area contributed by atoms with Crippen LogP contribution in [0.3, 0.4) is 0 Å². The van der Waals surface area contributed by atoms with E-state index < -0.39 is 95.5 Å². The third-order valence-corrected chi connectivity index (χ3v) is 12.2. The van der Waals surface area contributed by atoms with E-state index in [0.717, 1.165) is 5.57 Å². The first-order valence-corrected chi connectivity index (χ1v) is 14.9. The molecule has 232 valence electrons. The minimum Gasteiger partial charge on any atom is -0.458 e. The molecule has 0 spiro atoms. The Hall–Kier alpha value is -1.19. The summed E-state index contributed by atoms with van der Waals surface area (Å²) in [6.07, 6.45) is -6.68. The average molecular weight is 585 g/mol. The third kappa shape index (κ3) is 3.99. The maximum Gasteiger partial charge on any atom is 0.331 e. The van der Waals surface area contributed by atoms with Gasteiger partial charge in [-0.1, -0.05) is 6.92 Å². The maximum atomic E-state index is 12.4. The number of carbonyl (C=O) groups is 1. The Morgan fingerprint density at radius 1 is 1.02 bits per heavy atom. The molecule has 6 aliphatic rings. The molecule has 1 saturated heterocycles. The lowest BCUT2D eigenvalue weighted by molar-refractivity contribution is -0.342. The number of hydrogen-bond acceptors (Lipinski definition) is 12. The summed E-state index contributed by atoms with van der Waals surface area (Å²) in [7, 11) is 0. The van der Waals surface area contributed by atoms with E-state index in [0.29, 0.717) is 19.3 Å². The van der Waals surface area contributed by atoms with Gasteiger partial charge in [0.25, 0.3) is 0 Å². The largest absolute Gasteiger partial charge is 0.458 e. The summed E-state index contributed by atoms with van der Waals surface area (Å²) in [6, 6.07) is 0. The fraction of sp³-hybridized carbons (Fsp3) is 0.897. The molecule has 0 aromatic heterocycles. The summed E-state index contributed by atoms with van der Waals surface area (Å²) in [5.41, 5.74) is -4.46. The monoisotopic (exact) mass is 584 g/mol. The van der Waals surface area contributed by atoms with Crippen LogP contribution in [0.5, 0.6) is 0 Å². The summed E-state index contributed by atoms with van der Waals surface area (Å²) < 4.78 is 16.7. The molecule has 0 amide bonds.